The quantitative estimate of drug-likeness (QED) is 0.867. The number of carbonyl (C=O) groups is 3. The fraction of sp³-hybridized carbons (Fsp3) is 0.286. The molecule has 0 atom stereocenters. The van der Waals surface area contributed by atoms with Crippen molar-refractivity contribution in [3.05, 3.63) is 64.2 Å². The molecule has 2 N–H and O–H groups in total. The van der Waals surface area contributed by atoms with E-state index in [9.17, 15) is 19.5 Å². The summed E-state index contributed by atoms with van der Waals surface area (Å²) in [5.74, 6) is -1.51. The molecule has 0 spiro atoms. The van der Waals surface area contributed by atoms with Gasteiger partial charge in [0.1, 0.15) is 0 Å². The lowest BCUT2D eigenvalue weighted by Gasteiger charge is -2.18. The maximum Gasteiger partial charge on any atom is 0.335 e. The molecule has 1 aliphatic rings. The molecule has 27 heavy (non-hydrogen) atoms. The van der Waals surface area contributed by atoms with Gasteiger partial charge in [0.05, 0.1) is 5.56 Å². The van der Waals surface area contributed by atoms with E-state index in [0.29, 0.717) is 22.4 Å². The summed E-state index contributed by atoms with van der Waals surface area (Å²) in [7, 11) is 0. The highest BCUT2D eigenvalue weighted by molar-refractivity contribution is 6.07. The maximum atomic E-state index is 12.7. The monoisotopic (exact) mass is 366 g/mol. The number of benzene rings is 2. The van der Waals surface area contributed by atoms with Crippen LogP contribution in [-0.2, 0) is 0 Å². The highest BCUT2D eigenvalue weighted by atomic mass is 16.4. The Hall–Kier alpha value is -3.15. The molecule has 6 heteroatoms. The highest BCUT2D eigenvalue weighted by Crippen LogP contribution is 2.23. The summed E-state index contributed by atoms with van der Waals surface area (Å²) in [4.78, 5) is 38.4. The lowest BCUT2D eigenvalue weighted by molar-refractivity contribution is 0.0696. The van der Waals surface area contributed by atoms with E-state index >= 15 is 0 Å². The number of hydrogen-bond donors (Lipinski definition) is 2. The number of aryl methyl sites for hydroxylation is 1. The van der Waals surface area contributed by atoms with E-state index < -0.39 is 11.9 Å². The molecule has 1 aliphatic heterocycles. The Bertz CT molecular complexity index is 914. The van der Waals surface area contributed by atoms with Crippen LogP contribution in [0.3, 0.4) is 0 Å². The molecule has 0 bridgehead atoms. The number of carboxylic acids is 1. The smallest absolute Gasteiger partial charge is 0.335 e. The van der Waals surface area contributed by atoms with Crippen LogP contribution in [0.1, 0.15) is 55.0 Å². The molecule has 0 unspecified atom stereocenters. The molecule has 140 valence electrons. The first-order valence-corrected chi connectivity index (χ1v) is 8.92. The third kappa shape index (κ3) is 4.00. The Balaban J connectivity index is 1.85. The van der Waals surface area contributed by atoms with Crippen molar-refractivity contribution in [3.8, 4) is 0 Å². The minimum absolute atomic E-state index is 0.0233. The number of nitrogens with zero attached hydrogens (tertiary/aromatic N) is 1. The van der Waals surface area contributed by atoms with Crippen LogP contribution in [0.5, 0.6) is 0 Å². The van der Waals surface area contributed by atoms with Gasteiger partial charge in [-0.2, -0.15) is 0 Å². The molecule has 1 heterocycles. The van der Waals surface area contributed by atoms with E-state index in [4.69, 9.17) is 0 Å². The van der Waals surface area contributed by atoms with E-state index in [1.54, 1.807) is 38.1 Å². The summed E-state index contributed by atoms with van der Waals surface area (Å²) in [6.45, 7) is 5.06. The van der Waals surface area contributed by atoms with Crippen LogP contribution in [0.15, 0.2) is 36.4 Å². The molecular formula is C21H22N2O4. The van der Waals surface area contributed by atoms with E-state index in [1.165, 1.54) is 12.1 Å². The van der Waals surface area contributed by atoms with Crippen molar-refractivity contribution in [3.63, 3.8) is 0 Å². The maximum absolute atomic E-state index is 12.7. The minimum atomic E-state index is -1.08. The first-order valence-electron chi connectivity index (χ1n) is 8.92. The van der Waals surface area contributed by atoms with Gasteiger partial charge in [0.25, 0.3) is 11.8 Å². The van der Waals surface area contributed by atoms with Crippen LogP contribution >= 0.6 is 0 Å². The van der Waals surface area contributed by atoms with Gasteiger partial charge >= 0.3 is 5.97 Å². The Morgan fingerprint density at radius 3 is 2.33 bits per heavy atom. The summed E-state index contributed by atoms with van der Waals surface area (Å²) in [6, 6.07) is 9.74. The first kappa shape index (κ1) is 18.6. The van der Waals surface area contributed by atoms with Crippen LogP contribution in [0.2, 0.25) is 0 Å². The molecule has 0 aromatic heterocycles. The van der Waals surface area contributed by atoms with E-state index in [1.807, 2.05) is 4.90 Å². The van der Waals surface area contributed by atoms with Gasteiger partial charge in [-0.25, -0.2) is 4.79 Å². The number of aromatic carboxylic acids is 1. The number of anilines is 1. The van der Waals surface area contributed by atoms with Gasteiger partial charge in [-0.1, -0.05) is 6.07 Å². The van der Waals surface area contributed by atoms with Gasteiger partial charge < -0.3 is 15.3 Å². The van der Waals surface area contributed by atoms with Gasteiger partial charge in [0, 0.05) is 29.9 Å². The summed E-state index contributed by atoms with van der Waals surface area (Å²) in [5, 5.41) is 12.0. The van der Waals surface area contributed by atoms with E-state index in [2.05, 4.69) is 5.32 Å². The number of rotatable bonds is 4. The molecule has 1 saturated heterocycles. The Morgan fingerprint density at radius 2 is 1.67 bits per heavy atom. The average Bonchev–Trinajstić information content (AvgIpc) is 3.17. The number of likely N-dealkylation sites (tertiary alicyclic amines) is 1. The van der Waals surface area contributed by atoms with Gasteiger partial charge in [0.15, 0.2) is 0 Å². The highest BCUT2D eigenvalue weighted by Gasteiger charge is 2.22. The molecule has 0 aliphatic carbocycles. The van der Waals surface area contributed by atoms with Crippen LogP contribution in [0.25, 0.3) is 0 Å². The van der Waals surface area contributed by atoms with E-state index in [0.717, 1.165) is 25.9 Å². The van der Waals surface area contributed by atoms with Gasteiger partial charge in [-0.15, -0.1) is 0 Å². The second kappa shape index (κ2) is 7.61. The van der Waals surface area contributed by atoms with Crippen molar-refractivity contribution in [2.45, 2.75) is 26.7 Å². The predicted octanol–water partition coefficient (Wildman–Crippen LogP) is 3.49. The molecule has 1 fully saturated rings. The Morgan fingerprint density at radius 1 is 1.00 bits per heavy atom. The third-order valence-corrected chi connectivity index (χ3v) is 4.79. The second-order valence-corrected chi connectivity index (χ2v) is 6.82. The molecule has 2 amide bonds. The van der Waals surface area contributed by atoms with Crippen molar-refractivity contribution >= 4 is 23.5 Å². The van der Waals surface area contributed by atoms with Crippen molar-refractivity contribution in [2.75, 3.05) is 18.4 Å². The van der Waals surface area contributed by atoms with Crippen LogP contribution in [-0.4, -0.2) is 40.9 Å². The fourth-order valence-corrected chi connectivity index (χ4v) is 3.33. The lowest BCUT2D eigenvalue weighted by Crippen LogP contribution is -2.28. The summed E-state index contributed by atoms with van der Waals surface area (Å²) >= 11 is 0. The van der Waals surface area contributed by atoms with Crippen molar-refractivity contribution in [1.29, 1.82) is 0 Å². The molecule has 2 aromatic rings. The molecule has 6 nitrogen and oxygen atoms in total. The van der Waals surface area contributed by atoms with E-state index in [-0.39, 0.29) is 17.0 Å². The van der Waals surface area contributed by atoms with Crippen LogP contribution < -0.4 is 5.32 Å². The van der Waals surface area contributed by atoms with Crippen molar-refractivity contribution in [2.24, 2.45) is 0 Å². The number of carbonyl (C=O) groups excluding carboxylic acids is 2. The standard InChI is InChI=1S/C21H22N2O4/c1-13-10-15(12-16(11-13)21(26)27)19(24)22-18-7-5-6-17(14(18)2)20(25)23-8-3-4-9-23/h5-7,10-12H,3-4,8-9H2,1-2H3,(H,22,24)(H,26,27). The van der Waals surface area contributed by atoms with Crippen LogP contribution in [0.4, 0.5) is 5.69 Å². The van der Waals surface area contributed by atoms with Crippen molar-refractivity contribution in [1.82, 2.24) is 4.90 Å². The third-order valence-electron chi connectivity index (χ3n) is 4.79. The lowest BCUT2D eigenvalue weighted by atomic mass is 10.0. The Kier molecular flexibility index (Phi) is 5.26. The minimum Gasteiger partial charge on any atom is -0.478 e. The summed E-state index contributed by atoms with van der Waals surface area (Å²) < 4.78 is 0. The summed E-state index contributed by atoms with van der Waals surface area (Å²) in [6.07, 6.45) is 2.03. The molecule has 2 aromatic carbocycles. The number of nitrogens with one attached hydrogen (secondary N) is 1. The molecule has 0 radical (unpaired) electrons. The number of carboxylic acid groups (broad SMARTS) is 1. The van der Waals surface area contributed by atoms with Gasteiger partial charge in [0.2, 0.25) is 0 Å². The number of amides is 2. The molecular weight excluding hydrogens is 344 g/mol. The van der Waals surface area contributed by atoms with Crippen molar-refractivity contribution < 1.29 is 19.5 Å². The Labute approximate surface area is 157 Å². The zero-order chi connectivity index (χ0) is 19.6. The van der Waals surface area contributed by atoms with Gasteiger partial charge in [-0.3, -0.25) is 9.59 Å². The fourth-order valence-electron chi connectivity index (χ4n) is 3.33. The molecule has 0 saturated carbocycles. The zero-order valence-corrected chi connectivity index (χ0v) is 15.4. The first-order chi connectivity index (χ1) is 12.9. The normalized spacial score (nSPS) is 13.5. The van der Waals surface area contributed by atoms with Gasteiger partial charge in [-0.05, 0) is 68.1 Å². The average molecular weight is 366 g/mol. The summed E-state index contributed by atoms with van der Waals surface area (Å²) in [5.41, 5.74) is 2.84. The zero-order valence-electron chi connectivity index (χ0n) is 15.4. The molecule has 3 rings (SSSR count). The second-order valence-electron chi connectivity index (χ2n) is 6.82. The SMILES string of the molecule is Cc1cc(C(=O)O)cc(C(=O)Nc2cccc(C(=O)N3CCCC3)c2C)c1. The topological polar surface area (TPSA) is 86.7 Å². The number of hydrogen-bond acceptors (Lipinski definition) is 3. The predicted molar refractivity (Wildman–Crippen MR) is 102 cm³/mol. The van der Waals surface area contributed by atoms with Crippen LogP contribution in [0, 0.1) is 13.8 Å². The largest absolute Gasteiger partial charge is 0.478 e.